The second-order valence-electron chi connectivity index (χ2n) is 4.53. The van der Waals surface area contributed by atoms with Gasteiger partial charge in [-0.05, 0) is 24.5 Å². The summed E-state index contributed by atoms with van der Waals surface area (Å²) in [6.45, 7) is 2.00. The minimum absolute atomic E-state index is 0.465. The summed E-state index contributed by atoms with van der Waals surface area (Å²) in [4.78, 5) is 0. The van der Waals surface area contributed by atoms with E-state index in [1.165, 1.54) is 24.1 Å². The lowest BCUT2D eigenvalue weighted by molar-refractivity contribution is 0.359. The van der Waals surface area contributed by atoms with Crippen molar-refractivity contribution >= 4 is 0 Å². The Morgan fingerprint density at radius 1 is 1.33 bits per heavy atom. The zero-order valence-corrected chi connectivity index (χ0v) is 8.79. The number of rotatable bonds is 0. The number of fused-ring (bicyclic) bond motifs is 2. The third kappa shape index (κ3) is 1.38. The number of nitrogens with two attached hydrogens (primary N) is 1. The van der Waals surface area contributed by atoms with E-state index in [9.17, 15) is 0 Å². The highest BCUT2D eigenvalue weighted by molar-refractivity contribution is 5.42. The maximum absolute atomic E-state index is 6.04. The van der Waals surface area contributed by atoms with Crippen LogP contribution in [0, 0.1) is 11.8 Å². The Labute approximate surface area is 90.1 Å². The summed E-state index contributed by atoms with van der Waals surface area (Å²) < 4.78 is 0. The van der Waals surface area contributed by atoms with Gasteiger partial charge in [-0.25, -0.2) is 0 Å². The molecular weight excluding hydrogens is 186 g/mol. The number of nitrogens with one attached hydrogen (secondary N) is 2. The van der Waals surface area contributed by atoms with Crippen LogP contribution in [0.1, 0.15) is 12.8 Å². The van der Waals surface area contributed by atoms with Crippen molar-refractivity contribution in [2.24, 2.45) is 17.6 Å². The van der Waals surface area contributed by atoms with Crippen LogP contribution >= 0.6 is 0 Å². The van der Waals surface area contributed by atoms with Gasteiger partial charge >= 0.3 is 0 Å². The average molecular weight is 203 g/mol. The molecule has 2 unspecified atom stereocenters. The molecule has 1 aliphatic heterocycles. The van der Waals surface area contributed by atoms with Gasteiger partial charge in [0, 0.05) is 29.8 Å². The standard InChI is InChI=1S/C12H17N3/c13-11-3-1-2-10-9(11)5-4-8-6-14-7-15-12(8)10/h1-3,8-9,14-15H,4-7,13H2. The average Bonchev–Trinajstić information content (AvgIpc) is 2.29. The van der Waals surface area contributed by atoms with Gasteiger partial charge in [0.05, 0.1) is 6.67 Å². The van der Waals surface area contributed by atoms with Gasteiger partial charge in [-0.3, -0.25) is 5.32 Å². The first-order valence-corrected chi connectivity index (χ1v) is 5.68. The Bertz CT molecular complexity index is 365. The van der Waals surface area contributed by atoms with Crippen LogP contribution in [0.4, 0.5) is 0 Å². The molecule has 1 saturated heterocycles. The van der Waals surface area contributed by atoms with Crippen molar-refractivity contribution in [2.75, 3.05) is 13.2 Å². The molecule has 2 atom stereocenters. The Hall–Kier alpha value is -1.22. The number of hydrogen-bond donors (Lipinski definition) is 3. The van der Waals surface area contributed by atoms with E-state index in [0.717, 1.165) is 18.9 Å². The molecule has 15 heavy (non-hydrogen) atoms. The van der Waals surface area contributed by atoms with E-state index in [0.29, 0.717) is 11.8 Å². The van der Waals surface area contributed by atoms with Crippen LogP contribution in [-0.2, 0) is 0 Å². The molecule has 3 aliphatic rings. The molecule has 1 fully saturated rings. The summed E-state index contributed by atoms with van der Waals surface area (Å²) in [5, 5.41) is 6.85. The summed E-state index contributed by atoms with van der Waals surface area (Å²) in [5.74, 6) is 1.13. The molecule has 2 aliphatic carbocycles. The van der Waals surface area contributed by atoms with Crippen LogP contribution in [0.15, 0.2) is 35.2 Å². The quantitative estimate of drug-likeness (QED) is 0.546. The molecule has 0 amide bonds. The predicted molar refractivity (Wildman–Crippen MR) is 60.7 cm³/mol. The summed E-state index contributed by atoms with van der Waals surface area (Å²) in [6.07, 6.45) is 8.77. The van der Waals surface area contributed by atoms with Crippen LogP contribution in [0.2, 0.25) is 0 Å². The van der Waals surface area contributed by atoms with Gasteiger partial charge < -0.3 is 11.1 Å². The summed E-state index contributed by atoms with van der Waals surface area (Å²) in [7, 11) is 0. The Morgan fingerprint density at radius 3 is 3.20 bits per heavy atom. The van der Waals surface area contributed by atoms with E-state index in [4.69, 9.17) is 5.73 Å². The Kier molecular flexibility index (Phi) is 2.06. The van der Waals surface area contributed by atoms with Gasteiger partial charge in [-0.15, -0.1) is 0 Å². The highest BCUT2D eigenvalue weighted by Gasteiger charge is 2.31. The highest BCUT2D eigenvalue weighted by atomic mass is 15.1. The molecule has 1 heterocycles. The topological polar surface area (TPSA) is 50.1 Å². The van der Waals surface area contributed by atoms with Crippen LogP contribution < -0.4 is 16.4 Å². The van der Waals surface area contributed by atoms with Gasteiger partial charge in [0.25, 0.3) is 0 Å². The molecule has 0 aromatic carbocycles. The second kappa shape index (κ2) is 3.42. The highest BCUT2D eigenvalue weighted by Crippen LogP contribution is 2.38. The maximum Gasteiger partial charge on any atom is 0.0650 e. The Balaban J connectivity index is 2.01. The smallest absolute Gasteiger partial charge is 0.0650 e. The van der Waals surface area contributed by atoms with Gasteiger partial charge in [0.15, 0.2) is 0 Å². The zero-order valence-electron chi connectivity index (χ0n) is 8.79. The van der Waals surface area contributed by atoms with E-state index >= 15 is 0 Å². The van der Waals surface area contributed by atoms with Crippen molar-refractivity contribution in [3.63, 3.8) is 0 Å². The van der Waals surface area contributed by atoms with Crippen molar-refractivity contribution in [1.82, 2.24) is 10.6 Å². The van der Waals surface area contributed by atoms with E-state index in [1.54, 1.807) is 0 Å². The molecule has 0 aromatic heterocycles. The van der Waals surface area contributed by atoms with Crippen LogP contribution in [0.3, 0.4) is 0 Å². The number of allylic oxidation sites excluding steroid dienone is 4. The molecular formula is C12H17N3. The molecule has 0 saturated carbocycles. The summed E-state index contributed by atoms with van der Waals surface area (Å²) >= 11 is 0. The van der Waals surface area contributed by atoms with E-state index in [-0.39, 0.29) is 0 Å². The molecule has 0 spiro atoms. The fraction of sp³-hybridized carbons (Fsp3) is 0.500. The number of hydrogen-bond acceptors (Lipinski definition) is 3. The van der Waals surface area contributed by atoms with E-state index < -0.39 is 0 Å². The summed E-state index contributed by atoms with van der Waals surface area (Å²) in [5.41, 5.74) is 9.92. The molecule has 0 aromatic rings. The predicted octanol–water partition coefficient (Wildman–Crippen LogP) is 0.829. The molecule has 3 nitrogen and oxygen atoms in total. The molecule has 0 bridgehead atoms. The van der Waals surface area contributed by atoms with Gasteiger partial charge in [-0.1, -0.05) is 12.2 Å². The van der Waals surface area contributed by atoms with Crippen molar-refractivity contribution in [1.29, 1.82) is 0 Å². The van der Waals surface area contributed by atoms with Crippen molar-refractivity contribution in [2.45, 2.75) is 12.8 Å². The van der Waals surface area contributed by atoms with E-state index in [1.807, 2.05) is 6.08 Å². The van der Waals surface area contributed by atoms with Crippen molar-refractivity contribution in [3.05, 3.63) is 35.2 Å². The Morgan fingerprint density at radius 2 is 2.27 bits per heavy atom. The SMILES string of the molecule is NC1=CC=CC2=C3NCNCC3CCC12. The minimum atomic E-state index is 0.465. The fourth-order valence-corrected chi connectivity index (χ4v) is 2.88. The third-order valence-corrected chi connectivity index (χ3v) is 3.66. The molecule has 0 radical (unpaired) electrons. The molecule has 80 valence electrons. The van der Waals surface area contributed by atoms with Crippen molar-refractivity contribution in [3.8, 4) is 0 Å². The van der Waals surface area contributed by atoms with Crippen LogP contribution in [0.25, 0.3) is 0 Å². The lowest BCUT2D eigenvalue weighted by atomic mass is 9.76. The summed E-state index contributed by atoms with van der Waals surface area (Å²) in [6, 6.07) is 0. The molecule has 4 N–H and O–H groups in total. The van der Waals surface area contributed by atoms with Gasteiger partial charge in [0.2, 0.25) is 0 Å². The maximum atomic E-state index is 6.04. The lowest BCUT2D eigenvalue weighted by Crippen LogP contribution is -2.45. The van der Waals surface area contributed by atoms with Crippen LogP contribution in [0.5, 0.6) is 0 Å². The van der Waals surface area contributed by atoms with Crippen LogP contribution in [-0.4, -0.2) is 13.2 Å². The normalized spacial score (nSPS) is 34.0. The first-order chi connectivity index (χ1) is 7.36. The van der Waals surface area contributed by atoms with Gasteiger partial charge in [0.1, 0.15) is 0 Å². The molecule has 3 rings (SSSR count). The minimum Gasteiger partial charge on any atom is -0.402 e. The first kappa shape index (κ1) is 9.04. The first-order valence-electron chi connectivity index (χ1n) is 5.68. The van der Waals surface area contributed by atoms with Gasteiger partial charge in [-0.2, -0.15) is 0 Å². The largest absolute Gasteiger partial charge is 0.402 e. The third-order valence-electron chi connectivity index (χ3n) is 3.66. The van der Waals surface area contributed by atoms with Crippen molar-refractivity contribution < 1.29 is 0 Å². The second-order valence-corrected chi connectivity index (χ2v) is 4.53. The molecule has 3 heteroatoms. The fourth-order valence-electron chi connectivity index (χ4n) is 2.88. The lowest BCUT2D eigenvalue weighted by Gasteiger charge is -2.38. The monoisotopic (exact) mass is 203 g/mol. The zero-order chi connectivity index (χ0) is 10.3. The van der Waals surface area contributed by atoms with E-state index in [2.05, 4.69) is 22.8 Å².